The highest BCUT2D eigenvalue weighted by Crippen LogP contribution is 2.29. The summed E-state index contributed by atoms with van der Waals surface area (Å²) in [7, 11) is -2.19. The number of nitrogen functional groups attached to an aromatic ring is 1. The number of hydrogen-bond donors (Lipinski definition) is 1. The van der Waals surface area contributed by atoms with Crippen molar-refractivity contribution in [1.29, 1.82) is 0 Å². The zero-order valence-corrected chi connectivity index (χ0v) is 14.8. The molecule has 0 aromatic heterocycles. The molecule has 0 spiro atoms. The molecular weight excluding hydrogens is 367 g/mol. The molecule has 0 aliphatic heterocycles. The van der Waals surface area contributed by atoms with Gasteiger partial charge in [-0.1, -0.05) is 0 Å². The summed E-state index contributed by atoms with van der Waals surface area (Å²) in [5, 5.41) is 0. The van der Waals surface area contributed by atoms with Crippen molar-refractivity contribution in [2.75, 3.05) is 24.8 Å². The number of benzene rings is 1. The second-order valence-electron chi connectivity index (χ2n) is 4.46. The van der Waals surface area contributed by atoms with Gasteiger partial charge in [-0.3, -0.25) is 0 Å². The molecule has 0 aliphatic carbocycles. The Hall–Kier alpha value is -0.310. The van der Waals surface area contributed by atoms with Crippen LogP contribution in [-0.4, -0.2) is 37.8 Å². The van der Waals surface area contributed by atoms with E-state index in [4.69, 9.17) is 5.73 Å². The fraction of sp³-hybridized carbons (Fsp3) is 0.500. The van der Waals surface area contributed by atoms with E-state index in [1.165, 1.54) is 11.4 Å². The van der Waals surface area contributed by atoms with Crippen LogP contribution in [-0.2, 0) is 10.0 Å². The summed E-state index contributed by atoms with van der Waals surface area (Å²) in [5.74, 6) is 0.224. The maximum Gasteiger partial charge on any atom is 0.244 e. The fourth-order valence-corrected chi connectivity index (χ4v) is 4.58. The Bertz CT molecular complexity index is 581. The van der Waals surface area contributed by atoms with Crippen LogP contribution in [0.25, 0.3) is 0 Å². The quantitative estimate of drug-likeness (QED) is 0.765. The van der Waals surface area contributed by atoms with Crippen LogP contribution in [0.3, 0.4) is 0 Å². The number of sulfonamides is 1. The van der Waals surface area contributed by atoms with Gasteiger partial charge in [0.15, 0.2) is 0 Å². The largest absolute Gasteiger partial charge is 0.396 e. The molecule has 0 radical (unpaired) electrons. The number of nitrogens with zero attached hydrogens (tertiary/aromatic N) is 1. The van der Waals surface area contributed by atoms with Gasteiger partial charge in [0, 0.05) is 17.6 Å². The van der Waals surface area contributed by atoms with Crippen molar-refractivity contribution in [3.63, 3.8) is 0 Å². The van der Waals surface area contributed by atoms with Gasteiger partial charge in [0.1, 0.15) is 5.82 Å². The monoisotopic (exact) mass is 384 g/mol. The highest BCUT2D eigenvalue weighted by atomic mass is 79.9. The molecule has 1 aromatic carbocycles. The molecule has 0 bridgehead atoms. The molecule has 0 fully saturated rings. The van der Waals surface area contributed by atoms with Crippen LogP contribution >= 0.6 is 27.7 Å². The van der Waals surface area contributed by atoms with Crippen LogP contribution in [0.4, 0.5) is 10.1 Å². The smallest absolute Gasteiger partial charge is 0.244 e. The lowest BCUT2D eigenvalue weighted by Gasteiger charge is -2.24. The molecule has 0 saturated carbocycles. The van der Waals surface area contributed by atoms with E-state index in [1.54, 1.807) is 11.8 Å². The van der Waals surface area contributed by atoms with Gasteiger partial charge in [-0.15, -0.1) is 0 Å². The highest BCUT2D eigenvalue weighted by Gasteiger charge is 2.28. The Balaban J connectivity index is 3.13. The van der Waals surface area contributed by atoms with Crippen molar-refractivity contribution in [3.8, 4) is 0 Å². The van der Waals surface area contributed by atoms with Crippen LogP contribution in [0.2, 0.25) is 0 Å². The molecule has 1 aromatic rings. The molecule has 114 valence electrons. The summed E-state index contributed by atoms with van der Waals surface area (Å²) >= 11 is 4.74. The zero-order valence-electron chi connectivity index (χ0n) is 11.6. The van der Waals surface area contributed by atoms with Gasteiger partial charge < -0.3 is 5.73 Å². The molecule has 4 nitrogen and oxygen atoms in total. The molecule has 0 saturated heterocycles. The lowest BCUT2D eigenvalue weighted by atomic mass is 10.3. The third kappa shape index (κ3) is 3.87. The maximum absolute atomic E-state index is 13.3. The number of hydrogen-bond acceptors (Lipinski definition) is 4. The van der Waals surface area contributed by atoms with Gasteiger partial charge in [0.2, 0.25) is 10.0 Å². The Labute approximate surface area is 132 Å². The molecule has 1 atom stereocenters. The summed E-state index contributed by atoms with van der Waals surface area (Å²) in [6.45, 7) is 1.84. The Morgan fingerprint density at radius 3 is 2.65 bits per heavy atom. The predicted molar refractivity (Wildman–Crippen MR) is 85.9 cm³/mol. The minimum Gasteiger partial charge on any atom is -0.396 e. The van der Waals surface area contributed by atoms with E-state index < -0.39 is 15.8 Å². The second-order valence-corrected chi connectivity index (χ2v) is 8.26. The number of anilines is 1. The third-order valence-electron chi connectivity index (χ3n) is 3.07. The molecule has 0 heterocycles. The van der Waals surface area contributed by atoms with Crippen LogP contribution in [0.15, 0.2) is 21.5 Å². The number of thioether (sulfide) groups is 1. The van der Waals surface area contributed by atoms with Crippen molar-refractivity contribution >= 4 is 43.4 Å². The molecule has 0 aliphatic rings. The topological polar surface area (TPSA) is 63.4 Å². The molecule has 20 heavy (non-hydrogen) atoms. The minimum atomic E-state index is -3.71. The number of halogens is 2. The molecule has 0 amide bonds. The van der Waals surface area contributed by atoms with Gasteiger partial charge >= 0.3 is 0 Å². The maximum atomic E-state index is 13.3. The Kier molecular flexibility index (Phi) is 6.30. The first kappa shape index (κ1) is 17.7. The van der Waals surface area contributed by atoms with E-state index in [0.717, 1.165) is 24.3 Å². The SMILES string of the molecule is CSCCC(C)N(C)S(=O)(=O)c1cc(N)c(F)cc1Br. The van der Waals surface area contributed by atoms with Crippen LogP contribution in [0.1, 0.15) is 13.3 Å². The standard InChI is InChI=1S/C12H18BrFN2O2S2/c1-8(4-5-19-3)16(2)20(17,18)12-7-11(15)10(14)6-9(12)13/h6-8H,4-5,15H2,1-3H3. The van der Waals surface area contributed by atoms with Gasteiger partial charge in [-0.2, -0.15) is 16.1 Å². The molecule has 1 rings (SSSR count). The average molecular weight is 385 g/mol. The van der Waals surface area contributed by atoms with Gasteiger partial charge in [-0.25, -0.2) is 12.8 Å². The lowest BCUT2D eigenvalue weighted by Crippen LogP contribution is -2.35. The van der Waals surface area contributed by atoms with Crippen LogP contribution < -0.4 is 5.73 Å². The van der Waals surface area contributed by atoms with Crippen LogP contribution in [0.5, 0.6) is 0 Å². The molecular formula is C12H18BrFN2O2S2. The Morgan fingerprint density at radius 2 is 2.10 bits per heavy atom. The van der Waals surface area contributed by atoms with Crippen molar-refractivity contribution in [1.82, 2.24) is 4.31 Å². The van der Waals surface area contributed by atoms with Gasteiger partial charge in [0.05, 0.1) is 10.6 Å². The minimum absolute atomic E-state index is 0.0186. The summed E-state index contributed by atoms with van der Waals surface area (Å²) in [4.78, 5) is -0.0186. The van der Waals surface area contributed by atoms with E-state index in [9.17, 15) is 12.8 Å². The van der Waals surface area contributed by atoms with Crippen molar-refractivity contribution in [3.05, 3.63) is 22.4 Å². The first-order valence-electron chi connectivity index (χ1n) is 5.93. The van der Waals surface area contributed by atoms with E-state index in [0.29, 0.717) is 0 Å². The van der Waals surface area contributed by atoms with Crippen molar-refractivity contribution < 1.29 is 12.8 Å². The fourth-order valence-electron chi connectivity index (χ4n) is 1.60. The first-order valence-corrected chi connectivity index (χ1v) is 9.56. The summed E-state index contributed by atoms with van der Waals surface area (Å²) in [6, 6.07) is 2.07. The molecule has 1 unspecified atom stereocenters. The van der Waals surface area contributed by atoms with E-state index in [2.05, 4.69) is 15.9 Å². The summed E-state index contributed by atoms with van der Waals surface area (Å²) in [6.07, 6.45) is 2.71. The van der Waals surface area contributed by atoms with E-state index in [1.807, 2.05) is 13.2 Å². The summed E-state index contributed by atoms with van der Waals surface area (Å²) in [5.41, 5.74) is 5.28. The van der Waals surface area contributed by atoms with E-state index >= 15 is 0 Å². The van der Waals surface area contributed by atoms with Crippen molar-refractivity contribution in [2.45, 2.75) is 24.3 Å². The zero-order chi connectivity index (χ0) is 15.5. The molecule has 8 heteroatoms. The first-order chi connectivity index (χ1) is 9.21. The Morgan fingerprint density at radius 1 is 1.50 bits per heavy atom. The predicted octanol–water partition coefficient (Wildman–Crippen LogP) is 2.93. The highest BCUT2D eigenvalue weighted by molar-refractivity contribution is 9.10. The summed E-state index contributed by atoms with van der Waals surface area (Å²) < 4.78 is 39.8. The lowest BCUT2D eigenvalue weighted by molar-refractivity contribution is 0.382. The number of rotatable bonds is 6. The van der Waals surface area contributed by atoms with Crippen LogP contribution in [0, 0.1) is 5.82 Å². The average Bonchev–Trinajstić information content (AvgIpc) is 2.38. The van der Waals surface area contributed by atoms with Gasteiger partial charge in [-0.05, 0) is 53.4 Å². The van der Waals surface area contributed by atoms with E-state index in [-0.39, 0.29) is 21.1 Å². The third-order valence-corrected chi connectivity index (χ3v) is 6.64. The van der Waals surface area contributed by atoms with Gasteiger partial charge in [0.25, 0.3) is 0 Å². The normalized spacial score (nSPS) is 13.7. The molecule has 2 N–H and O–H groups in total. The number of nitrogens with two attached hydrogens (primary N) is 1. The van der Waals surface area contributed by atoms with Crippen molar-refractivity contribution in [2.24, 2.45) is 0 Å². The second kappa shape index (κ2) is 7.11.